The summed E-state index contributed by atoms with van der Waals surface area (Å²) in [6.45, 7) is 2.06. The third kappa shape index (κ3) is 1.65. The number of rotatable bonds is 1. The number of aryl methyl sites for hydroxylation is 1. The summed E-state index contributed by atoms with van der Waals surface area (Å²) < 4.78 is 5.60. The van der Waals surface area contributed by atoms with Crippen molar-refractivity contribution in [2.45, 2.75) is 6.92 Å². The van der Waals surface area contributed by atoms with E-state index in [4.69, 9.17) is 4.52 Å². The molecule has 0 aliphatic rings. The lowest BCUT2D eigenvalue weighted by Crippen LogP contribution is -1.76. The molecule has 3 heteroatoms. The van der Waals surface area contributed by atoms with Gasteiger partial charge in [0.1, 0.15) is 0 Å². The van der Waals surface area contributed by atoms with Gasteiger partial charge in [-0.15, -0.1) is 0 Å². The van der Waals surface area contributed by atoms with Gasteiger partial charge in [0.2, 0.25) is 4.67 Å². The second kappa shape index (κ2) is 3.34. The van der Waals surface area contributed by atoms with Gasteiger partial charge in [0.15, 0.2) is 0 Å². The Morgan fingerprint density at radius 3 is 2.85 bits per heavy atom. The van der Waals surface area contributed by atoms with Crippen molar-refractivity contribution >= 4 is 15.9 Å². The molecule has 2 aromatic rings. The van der Waals surface area contributed by atoms with Crippen molar-refractivity contribution in [3.8, 4) is 11.1 Å². The van der Waals surface area contributed by atoms with Crippen LogP contribution in [0.2, 0.25) is 0 Å². The van der Waals surface area contributed by atoms with Crippen LogP contribution in [0.1, 0.15) is 5.56 Å². The van der Waals surface area contributed by atoms with Crippen molar-refractivity contribution < 1.29 is 4.52 Å². The van der Waals surface area contributed by atoms with Crippen molar-refractivity contribution in [1.82, 2.24) is 5.16 Å². The molecule has 0 radical (unpaired) electrons. The Balaban J connectivity index is 2.53. The highest BCUT2D eigenvalue weighted by Crippen LogP contribution is 2.27. The first-order valence-corrected chi connectivity index (χ1v) is 4.74. The standard InChI is InChI=1S/C10H8BrNO/c1-7-3-2-4-8(5-7)9-6-12-13-10(9)11/h2-6H,1H3. The van der Waals surface area contributed by atoms with E-state index in [0.29, 0.717) is 4.67 Å². The molecule has 66 valence electrons. The molecule has 1 aromatic heterocycles. The van der Waals surface area contributed by atoms with E-state index in [0.717, 1.165) is 11.1 Å². The van der Waals surface area contributed by atoms with Crippen molar-refractivity contribution in [3.05, 3.63) is 40.7 Å². The fourth-order valence-electron chi connectivity index (χ4n) is 1.23. The highest BCUT2D eigenvalue weighted by atomic mass is 79.9. The predicted molar refractivity (Wildman–Crippen MR) is 54.4 cm³/mol. The van der Waals surface area contributed by atoms with Crippen LogP contribution in [0.3, 0.4) is 0 Å². The number of hydrogen-bond donors (Lipinski definition) is 0. The normalized spacial score (nSPS) is 10.3. The topological polar surface area (TPSA) is 26.0 Å². The maximum Gasteiger partial charge on any atom is 0.209 e. The molecule has 0 atom stereocenters. The highest BCUT2D eigenvalue weighted by molar-refractivity contribution is 9.10. The summed E-state index contributed by atoms with van der Waals surface area (Å²) in [6, 6.07) is 8.20. The minimum atomic E-state index is 0.679. The molecule has 0 saturated heterocycles. The number of nitrogens with zero attached hydrogens (tertiary/aromatic N) is 1. The molecular formula is C10H8BrNO. The monoisotopic (exact) mass is 237 g/mol. The van der Waals surface area contributed by atoms with Crippen LogP contribution in [0.5, 0.6) is 0 Å². The fraction of sp³-hybridized carbons (Fsp3) is 0.100. The van der Waals surface area contributed by atoms with Crippen LogP contribution < -0.4 is 0 Å². The second-order valence-corrected chi connectivity index (χ2v) is 3.60. The summed E-state index contributed by atoms with van der Waals surface area (Å²) in [5.74, 6) is 0. The van der Waals surface area contributed by atoms with E-state index in [1.807, 2.05) is 12.1 Å². The Labute approximate surface area is 84.7 Å². The van der Waals surface area contributed by atoms with E-state index in [1.54, 1.807) is 6.20 Å². The quantitative estimate of drug-likeness (QED) is 0.760. The number of halogens is 1. The van der Waals surface area contributed by atoms with Gasteiger partial charge in [-0.25, -0.2) is 0 Å². The molecule has 2 nitrogen and oxygen atoms in total. The van der Waals surface area contributed by atoms with Crippen LogP contribution in [0, 0.1) is 6.92 Å². The van der Waals surface area contributed by atoms with E-state index in [-0.39, 0.29) is 0 Å². The molecular weight excluding hydrogens is 230 g/mol. The zero-order valence-corrected chi connectivity index (χ0v) is 8.71. The van der Waals surface area contributed by atoms with E-state index in [2.05, 4.69) is 40.1 Å². The molecule has 0 fully saturated rings. The first-order chi connectivity index (χ1) is 6.27. The van der Waals surface area contributed by atoms with Gasteiger partial charge in [-0.2, -0.15) is 0 Å². The molecule has 0 amide bonds. The Morgan fingerprint density at radius 1 is 1.38 bits per heavy atom. The average Bonchev–Trinajstić information content (AvgIpc) is 2.51. The molecule has 13 heavy (non-hydrogen) atoms. The maximum absolute atomic E-state index is 4.93. The molecule has 0 N–H and O–H groups in total. The van der Waals surface area contributed by atoms with Crippen LogP contribution in [-0.2, 0) is 0 Å². The molecule has 0 unspecified atom stereocenters. The van der Waals surface area contributed by atoms with Crippen LogP contribution in [-0.4, -0.2) is 5.16 Å². The lowest BCUT2D eigenvalue weighted by Gasteiger charge is -1.97. The molecule has 0 spiro atoms. The Hall–Kier alpha value is -1.09. The number of hydrogen-bond acceptors (Lipinski definition) is 2. The van der Waals surface area contributed by atoms with Crippen molar-refractivity contribution in [2.75, 3.05) is 0 Å². The van der Waals surface area contributed by atoms with Crippen molar-refractivity contribution in [3.63, 3.8) is 0 Å². The van der Waals surface area contributed by atoms with E-state index in [1.165, 1.54) is 5.56 Å². The largest absolute Gasteiger partial charge is 0.349 e. The maximum atomic E-state index is 4.93. The summed E-state index contributed by atoms with van der Waals surface area (Å²) in [7, 11) is 0. The van der Waals surface area contributed by atoms with Gasteiger partial charge in [0, 0.05) is 0 Å². The van der Waals surface area contributed by atoms with Gasteiger partial charge < -0.3 is 4.52 Å². The molecule has 0 bridgehead atoms. The van der Waals surface area contributed by atoms with Gasteiger partial charge in [-0.3, -0.25) is 0 Å². The average molecular weight is 238 g/mol. The second-order valence-electron chi connectivity index (χ2n) is 2.88. The summed E-state index contributed by atoms with van der Waals surface area (Å²) in [5, 5.41) is 3.71. The van der Waals surface area contributed by atoms with Gasteiger partial charge in [-0.05, 0) is 28.4 Å². The van der Waals surface area contributed by atoms with E-state index >= 15 is 0 Å². The van der Waals surface area contributed by atoms with Gasteiger partial charge in [-0.1, -0.05) is 35.0 Å². The molecule has 0 aliphatic heterocycles. The summed E-state index contributed by atoms with van der Waals surface area (Å²) in [6.07, 6.45) is 1.71. The molecule has 1 heterocycles. The van der Waals surface area contributed by atoms with Crippen LogP contribution in [0.25, 0.3) is 11.1 Å². The smallest absolute Gasteiger partial charge is 0.209 e. The lowest BCUT2D eigenvalue weighted by atomic mass is 10.1. The van der Waals surface area contributed by atoms with Crippen LogP contribution >= 0.6 is 15.9 Å². The molecule has 1 aromatic carbocycles. The van der Waals surface area contributed by atoms with E-state index in [9.17, 15) is 0 Å². The van der Waals surface area contributed by atoms with Crippen molar-refractivity contribution in [1.29, 1.82) is 0 Å². The summed E-state index contributed by atoms with van der Waals surface area (Å²) in [4.78, 5) is 0. The zero-order valence-electron chi connectivity index (χ0n) is 7.12. The minimum absolute atomic E-state index is 0.679. The zero-order chi connectivity index (χ0) is 9.26. The van der Waals surface area contributed by atoms with Crippen LogP contribution in [0.4, 0.5) is 0 Å². The van der Waals surface area contributed by atoms with E-state index < -0.39 is 0 Å². The molecule has 0 aliphatic carbocycles. The minimum Gasteiger partial charge on any atom is -0.349 e. The third-order valence-electron chi connectivity index (χ3n) is 1.86. The number of aromatic nitrogens is 1. The molecule has 0 saturated carbocycles. The third-order valence-corrected chi connectivity index (χ3v) is 2.43. The first-order valence-electron chi connectivity index (χ1n) is 3.94. The number of benzene rings is 1. The van der Waals surface area contributed by atoms with Gasteiger partial charge in [0.05, 0.1) is 11.8 Å². The first kappa shape index (κ1) is 8.51. The highest BCUT2D eigenvalue weighted by Gasteiger charge is 2.06. The Bertz CT molecular complexity index is 422. The Morgan fingerprint density at radius 2 is 2.23 bits per heavy atom. The summed E-state index contributed by atoms with van der Waals surface area (Å²) in [5.41, 5.74) is 3.34. The van der Waals surface area contributed by atoms with Gasteiger partial charge >= 0.3 is 0 Å². The Kier molecular flexibility index (Phi) is 2.19. The lowest BCUT2D eigenvalue weighted by molar-refractivity contribution is 0.400. The molecule has 2 rings (SSSR count). The summed E-state index contributed by atoms with van der Waals surface area (Å²) >= 11 is 3.30. The van der Waals surface area contributed by atoms with Gasteiger partial charge in [0.25, 0.3) is 0 Å². The SMILES string of the molecule is Cc1cccc(-c2cnoc2Br)c1. The van der Waals surface area contributed by atoms with Crippen molar-refractivity contribution in [2.24, 2.45) is 0 Å². The predicted octanol–water partition coefficient (Wildman–Crippen LogP) is 3.41. The van der Waals surface area contributed by atoms with Crippen LogP contribution in [0.15, 0.2) is 39.7 Å². The fourth-order valence-corrected chi connectivity index (χ4v) is 1.64.